The summed E-state index contributed by atoms with van der Waals surface area (Å²) in [7, 11) is 1.66. The number of rotatable bonds is 4. The van der Waals surface area contributed by atoms with Gasteiger partial charge in [0.15, 0.2) is 0 Å². The Morgan fingerprint density at radius 1 is 1.32 bits per heavy atom. The lowest BCUT2D eigenvalue weighted by Gasteiger charge is -2.28. The fraction of sp³-hybridized carbons (Fsp3) is 0.500. The molecule has 1 aromatic rings. The Balaban J connectivity index is 1.81. The van der Waals surface area contributed by atoms with Crippen LogP contribution in [0, 0.1) is 11.7 Å². The number of hydrogen-bond acceptors (Lipinski definition) is 2. The molecule has 1 aliphatic carbocycles. The summed E-state index contributed by atoms with van der Waals surface area (Å²) < 4.78 is 13.1. The first-order valence-electron chi connectivity index (χ1n) is 7.44. The van der Waals surface area contributed by atoms with Crippen LogP contribution in [-0.2, 0) is 11.3 Å². The van der Waals surface area contributed by atoms with E-state index in [1.54, 1.807) is 19.2 Å². The zero-order chi connectivity index (χ0) is 16.1. The molecule has 0 aliphatic heterocycles. The second-order valence-corrected chi connectivity index (χ2v) is 5.82. The number of carboxylic acids is 1. The van der Waals surface area contributed by atoms with Crippen LogP contribution in [0.1, 0.15) is 31.2 Å². The van der Waals surface area contributed by atoms with E-state index in [1.807, 2.05) is 0 Å². The fourth-order valence-corrected chi connectivity index (χ4v) is 2.75. The zero-order valence-electron chi connectivity index (χ0n) is 12.6. The number of urea groups is 1. The molecule has 0 bridgehead atoms. The number of carboxylic acid groups (broad SMARTS) is 1. The van der Waals surface area contributed by atoms with E-state index in [4.69, 9.17) is 5.11 Å². The van der Waals surface area contributed by atoms with Gasteiger partial charge in [0.2, 0.25) is 0 Å². The molecule has 1 saturated carbocycles. The fourth-order valence-electron chi connectivity index (χ4n) is 2.75. The highest BCUT2D eigenvalue weighted by Gasteiger charge is 2.27. The molecule has 1 aliphatic rings. The van der Waals surface area contributed by atoms with Crippen LogP contribution in [0.2, 0.25) is 0 Å². The highest BCUT2D eigenvalue weighted by atomic mass is 19.1. The second kappa shape index (κ2) is 7.24. The maximum absolute atomic E-state index is 13.1. The molecule has 0 saturated heterocycles. The molecule has 0 aromatic heterocycles. The molecule has 2 rings (SSSR count). The summed E-state index contributed by atoms with van der Waals surface area (Å²) in [5, 5.41) is 11.9. The van der Waals surface area contributed by atoms with E-state index in [1.165, 1.54) is 17.0 Å². The maximum atomic E-state index is 13.1. The first-order chi connectivity index (χ1) is 10.5. The number of carbonyl (C=O) groups excluding carboxylic acids is 1. The Labute approximate surface area is 129 Å². The largest absolute Gasteiger partial charge is 0.481 e. The lowest BCUT2D eigenvalue weighted by molar-refractivity contribution is -0.142. The van der Waals surface area contributed by atoms with E-state index in [9.17, 15) is 14.0 Å². The molecular weight excluding hydrogens is 287 g/mol. The van der Waals surface area contributed by atoms with E-state index in [0.29, 0.717) is 32.2 Å². The number of carbonyl (C=O) groups is 2. The lowest BCUT2D eigenvalue weighted by atomic mass is 9.86. The topological polar surface area (TPSA) is 69.6 Å². The molecule has 0 spiro atoms. The monoisotopic (exact) mass is 308 g/mol. The van der Waals surface area contributed by atoms with Crippen molar-refractivity contribution in [3.05, 3.63) is 35.6 Å². The molecule has 22 heavy (non-hydrogen) atoms. The highest BCUT2D eigenvalue weighted by molar-refractivity contribution is 5.74. The van der Waals surface area contributed by atoms with Gasteiger partial charge in [0.05, 0.1) is 5.92 Å². The summed E-state index contributed by atoms with van der Waals surface area (Å²) in [5.74, 6) is -1.37. The third-order valence-electron chi connectivity index (χ3n) is 4.06. The number of hydrogen-bond donors (Lipinski definition) is 2. The van der Waals surface area contributed by atoms with Crippen molar-refractivity contribution in [3.8, 4) is 0 Å². The zero-order valence-corrected chi connectivity index (χ0v) is 12.6. The van der Waals surface area contributed by atoms with Crippen LogP contribution in [0.4, 0.5) is 9.18 Å². The molecule has 2 N–H and O–H groups in total. The third-order valence-corrected chi connectivity index (χ3v) is 4.06. The predicted molar refractivity (Wildman–Crippen MR) is 79.8 cm³/mol. The number of nitrogens with one attached hydrogen (secondary N) is 1. The van der Waals surface area contributed by atoms with Crippen LogP contribution in [0.15, 0.2) is 24.3 Å². The van der Waals surface area contributed by atoms with Crippen LogP contribution in [0.25, 0.3) is 0 Å². The van der Waals surface area contributed by atoms with E-state index < -0.39 is 5.97 Å². The molecular formula is C16H21FN2O3. The van der Waals surface area contributed by atoms with E-state index in [2.05, 4.69) is 5.32 Å². The highest BCUT2D eigenvalue weighted by Crippen LogP contribution is 2.24. The Bertz CT molecular complexity index is 542. The summed E-state index contributed by atoms with van der Waals surface area (Å²) in [6.45, 7) is 0.327. The van der Waals surface area contributed by atoms with Gasteiger partial charge in [-0.05, 0) is 43.4 Å². The molecule has 1 aromatic carbocycles. The molecule has 1 fully saturated rings. The molecule has 6 heteroatoms. The summed E-state index contributed by atoms with van der Waals surface area (Å²) in [6, 6.07) is 5.95. The van der Waals surface area contributed by atoms with Gasteiger partial charge in [-0.25, -0.2) is 9.18 Å². The van der Waals surface area contributed by atoms with Gasteiger partial charge in [-0.15, -0.1) is 0 Å². The van der Waals surface area contributed by atoms with Crippen LogP contribution in [0.5, 0.6) is 0 Å². The minimum atomic E-state index is -0.756. The van der Waals surface area contributed by atoms with Crippen molar-refractivity contribution in [2.45, 2.75) is 38.3 Å². The van der Waals surface area contributed by atoms with Gasteiger partial charge in [-0.1, -0.05) is 12.1 Å². The number of benzene rings is 1. The second-order valence-electron chi connectivity index (χ2n) is 5.82. The predicted octanol–water partition coefficient (Wildman–Crippen LogP) is 2.61. The molecule has 0 heterocycles. The first kappa shape index (κ1) is 16.3. The minimum Gasteiger partial charge on any atom is -0.481 e. The number of aliphatic carboxylic acids is 1. The summed E-state index contributed by atoms with van der Waals surface area (Å²) >= 11 is 0. The third kappa shape index (κ3) is 4.44. The van der Waals surface area contributed by atoms with Crippen LogP contribution in [-0.4, -0.2) is 35.1 Å². The van der Waals surface area contributed by atoms with Crippen molar-refractivity contribution >= 4 is 12.0 Å². The van der Waals surface area contributed by atoms with Gasteiger partial charge >= 0.3 is 12.0 Å². The standard InChI is InChI=1S/C16H21FN2O3/c1-19(10-11-3-2-4-13(17)9-11)16(22)18-14-7-5-12(6-8-14)15(20)21/h2-4,9,12,14H,5-8,10H2,1H3,(H,18,22)(H,20,21). The van der Waals surface area contributed by atoms with Crippen molar-refractivity contribution in [1.29, 1.82) is 0 Å². The van der Waals surface area contributed by atoms with Crippen molar-refractivity contribution in [2.75, 3.05) is 7.05 Å². The molecule has 2 amide bonds. The molecule has 0 atom stereocenters. The molecule has 0 unspecified atom stereocenters. The van der Waals surface area contributed by atoms with Crippen LogP contribution < -0.4 is 5.32 Å². The van der Waals surface area contributed by atoms with E-state index >= 15 is 0 Å². The minimum absolute atomic E-state index is 0.0121. The van der Waals surface area contributed by atoms with Gasteiger partial charge in [-0.2, -0.15) is 0 Å². The average Bonchev–Trinajstić information content (AvgIpc) is 2.47. The lowest BCUT2D eigenvalue weighted by Crippen LogP contribution is -2.44. The smallest absolute Gasteiger partial charge is 0.317 e. The van der Waals surface area contributed by atoms with Gasteiger partial charge in [0, 0.05) is 19.6 Å². The van der Waals surface area contributed by atoms with E-state index in [0.717, 1.165) is 5.56 Å². The quantitative estimate of drug-likeness (QED) is 0.898. The van der Waals surface area contributed by atoms with Crippen molar-refractivity contribution < 1.29 is 19.1 Å². The normalized spacial score (nSPS) is 21.2. The Hall–Kier alpha value is -2.11. The molecule has 120 valence electrons. The van der Waals surface area contributed by atoms with E-state index in [-0.39, 0.29) is 23.8 Å². The average molecular weight is 308 g/mol. The summed E-state index contributed by atoms with van der Waals surface area (Å²) in [5.41, 5.74) is 0.729. The van der Waals surface area contributed by atoms with Gasteiger partial charge in [0.1, 0.15) is 5.82 Å². The van der Waals surface area contributed by atoms with Gasteiger partial charge in [-0.3, -0.25) is 4.79 Å². The van der Waals surface area contributed by atoms with Gasteiger partial charge < -0.3 is 15.3 Å². The summed E-state index contributed by atoms with van der Waals surface area (Å²) in [4.78, 5) is 24.5. The first-order valence-corrected chi connectivity index (χ1v) is 7.44. The summed E-state index contributed by atoms with van der Waals surface area (Å²) in [6.07, 6.45) is 2.54. The number of nitrogens with zero attached hydrogens (tertiary/aromatic N) is 1. The Kier molecular flexibility index (Phi) is 5.35. The van der Waals surface area contributed by atoms with Crippen LogP contribution >= 0.6 is 0 Å². The van der Waals surface area contributed by atoms with Crippen molar-refractivity contribution in [2.24, 2.45) is 5.92 Å². The van der Waals surface area contributed by atoms with Crippen LogP contribution in [0.3, 0.4) is 0 Å². The van der Waals surface area contributed by atoms with Crippen molar-refractivity contribution in [1.82, 2.24) is 10.2 Å². The molecule has 0 radical (unpaired) electrons. The maximum Gasteiger partial charge on any atom is 0.317 e. The van der Waals surface area contributed by atoms with Gasteiger partial charge in [0.25, 0.3) is 0 Å². The number of halogens is 1. The Morgan fingerprint density at radius 2 is 2.00 bits per heavy atom. The molecule has 5 nitrogen and oxygen atoms in total. The SMILES string of the molecule is CN(Cc1cccc(F)c1)C(=O)NC1CCC(C(=O)O)CC1. The number of amides is 2. The Morgan fingerprint density at radius 3 is 2.59 bits per heavy atom. The van der Waals surface area contributed by atoms with Crippen molar-refractivity contribution in [3.63, 3.8) is 0 Å².